The summed E-state index contributed by atoms with van der Waals surface area (Å²) in [6, 6.07) is 3.46. The summed E-state index contributed by atoms with van der Waals surface area (Å²) in [7, 11) is -3.62. The lowest BCUT2D eigenvalue weighted by Crippen LogP contribution is -2.21. The van der Waals surface area contributed by atoms with Crippen LogP contribution in [0.2, 0.25) is 0 Å². The molecule has 0 saturated heterocycles. The molecule has 0 aliphatic carbocycles. The van der Waals surface area contributed by atoms with E-state index in [1.807, 2.05) is 0 Å². The topological polar surface area (TPSA) is 98.5 Å². The standard InChI is InChI=1S/C13H20N2O4S/c1-4-19-12(16)7-8-20(17,18)15-13-9(2)5-6-11(14)10(13)3/h5-6,15H,4,7-8,14H2,1-3H3. The number of benzene rings is 1. The molecule has 0 spiro atoms. The zero-order chi connectivity index (χ0) is 15.3. The number of nitrogens with two attached hydrogens (primary N) is 1. The van der Waals surface area contributed by atoms with Gasteiger partial charge in [0.15, 0.2) is 0 Å². The summed E-state index contributed by atoms with van der Waals surface area (Å²) >= 11 is 0. The molecular weight excluding hydrogens is 280 g/mol. The van der Waals surface area contributed by atoms with Gasteiger partial charge in [-0.1, -0.05) is 6.07 Å². The molecule has 3 N–H and O–H groups in total. The van der Waals surface area contributed by atoms with Crippen LogP contribution in [0.4, 0.5) is 11.4 Å². The Morgan fingerprint density at radius 2 is 2.00 bits per heavy atom. The van der Waals surface area contributed by atoms with Crippen LogP contribution in [-0.4, -0.2) is 26.7 Å². The highest BCUT2D eigenvalue weighted by atomic mass is 32.2. The molecule has 112 valence electrons. The van der Waals surface area contributed by atoms with Crippen LogP contribution in [0, 0.1) is 13.8 Å². The Labute approximate surface area is 119 Å². The van der Waals surface area contributed by atoms with Gasteiger partial charge in [-0.2, -0.15) is 0 Å². The van der Waals surface area contributed by atoms with E-state index in [1.165, 1.54) is 0 Å². The van der Waals surface area contributed by atoms with Crippen molar-refractivity contribution in [2.24, 2.45) is 0 Å². The second-order valence-electron chi connectivity index (χ2n) is 4.45. The van der Waals surface area contributed by atoms with Crippen LogP contribution in [0.5, 0.6) is 0 Å². The molecule has 1 rings (SSSR count). The SMILES string of the molecule is CCOC(=O)CCS(=O)(=O)Nc1c(C)ccc(N)c1C. The van der Waals surface area contributed by atoms with Crippen molar-refractivity contribution < 1.29 is 17.9 Å². The van der Waals surface area contributed by atoms with Crippen molar-refractivity contribution >= 4 is 27.4 Å². The zero-order valence-corrected chi connectivity index (χ0v) is 12.7. The largest absolute Gasteiger partial charge is 0.466 e. The number of nitrogens with one attached hydrogen (secondary N) is 1. The zero-order valence-electron chi connectivity index (χ0n) is 11.9. The monoisotopic (exact) mass is 300 g/mol. The quantitative estimate of drug-likeness (QED) is 0.614. The highest BCUT2D eigenvalue weighted by Crippen LogP contribution is 2.26. The van der Waals surface area contributed by atoms with Crippen molar-refractivity contribution in [3.05, 3.63) is 23.3 Å². The van der Waals surface area contributed by atoms with Gasteiger partial charge in [0.05, 0.1) is 24.5 Å². The van der Waals surface area contributed by atoms with Crippen LogP contribution in [0.25, 0.3) is 0 Å². The van der Waals surface area contributed by atoms with Crippen molar-refractivity contribution in [2.45, 2.75) is 27.2 Å². The number of nitrogen functional groups attached to an aromatic ring is 1. The number of esters is 1. The third-order valence-electron chi connectivity index (χ3n) is 2.85. The third-order valence-corrected chi connectivity index (χ3v) is 4.11. The summed E-state index contributed by atoms with van der Waals surface area (Å²) in [6.45, 7) is 5.44. The molecule has 0 amide bonds. The van der Waals surface area contributed by atoms with Gasteiger partial charge in [-0.3, -0.25) is 9.52 Å². The van der Waals surface area contributed by atoms with Crippen LogP contribution in [-0.2, 0) is 19.6 Å². The molecule has 0 radical (unpaired) electrons. The molecule has 0 fully saturated rings. The van der Waals surface area contributed by atoms with Gasteiger partial charge in [0.2, 0.25) is 10.0 Å². The van der Waals surface area contributed by atoms with Gasteiger partial charge in [-0.05, 0) is 38.0 Å². The minimum absolute atomic E-state index is 0.177. The highest BCUT2D eigenvalue weighted by molar-refractivity contribution is 7.92. The highest BCUT2D eigenvalue weighted by Gasteiger charge is 2.17. The summed E-state index contributed by atoms with van der Waals surface area (Å²) in [4.78, 5) is 11.2. The lowest BCUT2D eigenvalue weighted by atomic mass is 10.1. The second kappa shape index (κ2) is 6.60. The minimum atomic E-state index is -3.62. The van der Waals surface area contributed by atoms with Gasteiger partial charge in [-0.15, -0.1) is 0 Å². The Morgan fingerprint density at radius 1 is 1.35 bits per heavy atom. The number of sulfonamides is 1. The number of anilines is 2. The first kappa shape index (κ1) is 16.3. The van der Waals surface area contributed by atoms with Crippen molar-refractivity contribution in [3.63, 3.8) is 0 Å². The number of rotatable bonds is 6. The smallest absolute Gasteiger partial charge is 0.306 e. The van der Waals surface area contributed by atoms with E-state index in [0.29, 0.717) is 16.9 Å². The molecule has 0 unspecified atom stereocenters. The van der Waals surface area contributed by atoms with E-state index in [0.717, 1.165) is 5.56 Å². The van der Waals surface area contributed by atoms with E-state index >= 15 is 0 Å². The van der Waals surface area contributed by atoms with E-state index in [4.69, 9.17) is 10.5 Å². The molecule has 1 aromatic rings. The first-order chi connectivity index (χ1) is 9.26. The minimum Gasteiger partial charge on any atom is -0.466 e. The molecule has 0 aromatic heterocycles. The van der Waals surface area contributed by atoms with E-state index < -0.39 is 16.0 Å². The van der Waals surface area contributed by atoms with Crippen LogP contribution >= 0.6 is 0 Å². The van der Waals surface area contributed by atoms with Crippen LogP contribution < -0.4 is 10.5 Å². The van der Waals surface area contributed by atoms with Crippen molar-refractivity contribution in [1.82, 2.24) is 0 Å². The average molecular weight is 300 g/mol. The maximum absolute atomic E-state index is 12.0. The summed E-state index contributed by atoms with van der Waals surface area (Å²) in [5, 5.41) is 0. The third kappa shape index (κ3) is 4.41. The number of carbonyl (C=O) groups is 1. The van der Waals surface area contributed by atoms with Gasteiger partial charge in [0.25, 0.3) is 0 Å². The van der Waals surface area contributed by atoms with Crippen LogP contribution in [0.15, 0.2) is 12.1 Å². The van der Waals surface area contributed by atoms with Crippen molar-refractivity contribution in [3.8, 4) is 0 Å². The molecule has 7 heteroatoms. The van der Waals surface area contributed by atoms with Gasteiger partial charge in [0.1, 0.15) is 0 Å². The van der Waals surface area contributed by atoms with Crippen LogP contribution in [0.1, 0.15) is 24.5 Å². The lowest BCUT2D eigenvalue weighted by molar-refractivity contribution is -0.142. The fourth-order valence-electron chi connectivity index (χ4n) is 1.68. The fraction of sp³-hybridized carbons (Fsp3) is 0.462. The number of hydrogen-bond donors (Lipinski definition) is 2. The van der Waals surface area contributed by atoms with E-state index in [9.17, 15) is 13.2 Å². The number of hydrogen-bond acceptors (Lipinski definition) is 5. The summed E-state index contributed by atoms with van der Waals surface area (Å²) < 4.78 is 31.1. The van der Waals surface area contributed by atoms with Gasteiger partial charge in [0, 0.05) is 5.69 Å². The first-order valence-electron chi connectivity index (χ1n) is 6.28. The number of ether oxygens (including phenoxy) is 1. The molecule has 0 atom stereocenters. The average Bonchev–Trinajstić information content (AvgIpc) is 2.38. The molecular formula is C13H20N2O4S. The maximum Gasteiger partial charge on any atom is 0.306 e. The lowest BCUT2D eigenvalue weighted by Gasteiger charge is -2.14. The maximum atomic E-state index is 12.0. The molecule has 0 aliphatic heterocycles. The van der Waals surface area contributed by atoms with Gasteiger partial charge >= 0.3 is 5.97 Å². The Bertz CT molecular complexity index is 597. The molecule has 1 aromatic carbocycles. The van der Waals surface area contributed by atoms with E-state index in [1.54, 1.807) is 32.9 Å². The summed E-state index contributed by atoms with van der Waals surface area (Å²) in [6.07, 6.45) is -0.177. The number of aryl methyl sites for hydroxylation is 1. The Hall–Kier alpha value is -1.76. The molecule has 20 heavy (non-hydrogen) atoms. The van der Waals surface area contributed by atoms with E-state index in [2.05, 4.69) is 4.72 Å². The molecule has 6 nitrogen and oxygen atoms in total. The molecule has 0 aliphatic rings. The van der Waals surface area contributed by atoms with Crippen molar-refractivity contribution in [2.75, 3.05) is 22.8 Å². The molecule has 0 saturated carbocycles. The second-order valence-corrected chi connectivity index (χ2v) is 6.29. The predicted octanol–water partition coefficient (Wildman–Crippen LogP) is 1.58. The van der Waals surface area contributed by atoms with Crippen LogP contribution in [0.3, 0.4) is 0 Å². The van der Waals surface area contributed by atoms with Gasteiger partial charge < -0.3 is 10.5 Å². The summed E-state index contributed by atoms with van der Waals surface area (Å²) in [5.74, 6) is -0.849. The number of carbonyl (C=O) groups excluding carboxylic acids is 1. The fourth-order valence-corrected chi connectivity index (χ4v) is 2.84. The predicted molar refractivity (Wildman–Crippen MR) is 79.0 cm³/mol. The Balaban J connectivity index is 2.82. The Morgan fingerprint density at radius 3 is 2.60 bits per heavy atom. The normalized spacial score (nSPS) is 11.2. The van der Waals surface area contributed by atoms with E-state index in [-0.39, 0.29) is 18.8 Å². The van der Waals surface area contributed by atoms with Gasteiger partial charge in [-0.25, -0.2) is 8.42 Å². The molecule has 0 bridgehead atoms. The Kier molecular flexibility index (Phi) is 5.38. The summed E-state index contributed by atoms with van der Waals surface area (Å²) in [5.41, 5.74) is 8.19. The van der Waals surface area contributed by atoms with Crippen molar-refractivity contribution in [1.29, 1.82) is 0 Å². The first-order valence-corrected chi connectivity index (χ1v) is 7.94. The molecule has 0 heterocycles.